The molecule has 0 aromatic carbocycles. The highest BCUT2D eigenvalue weighted by molar-refractivity contribution is 7.12. The molecule has 0 aliphatic carbocycles. The molecule has 1 aromatic heterocycles. The van der Waals surface area contributed by atoms with Gasteiger partial charge in [-0.3, -0.25) is 14.6 Å². The zero-order valence-corrected chi connectivity index (χ0v) is 15.2. The number of ether oxygens (including phenoxy) is 1. The van der Waals surface area contributed by atoms with Gasteiger partial charge in [0.1, 0.15) is 0 Å². The van der Waals surface area contributed by atoms with Crippen LogP contribution in [0.2, 0.25) is 0 Å². The monoisotopic (exact) mass is 349 g/mol. The first kappa shape index (κ1) is 16.5. The zero-order chi connectivity index (χ0) is 16.5. The van der Waals surface area contributed by atoms with Gasteiger partial charge >= 0.3 is 0 Å². The van der Waals surface area contributed by atoms with Crippen molar-refractivity contribution in [2.75, 3.05) is 45.9 Å². The number of morpholine rings is 1. The Morgan fingerprint density at radius 2 is 2.00 bits per heavy atom. The van der Waals surface area contributed by atoms with Crippen molar-refractivity contribution in [1.82, 2.24) is 14.7 Å². The summed E-state index contributed by atoms with van der Waals surface area (Å²) in [7, 11) is 0. The van der Waals surface area contributed by atoms with Gasteiger partial charge in [0.25, 0.3) is 5.91 Å². The molecule has 0 N–H and O–H groups in total. The van der Waals surface area contributed by atoms with Crippen molar-refractivity contribution in [2.45, 2.75) is 37.9 Å². The average Bonchev–Trinajstić information content (AvgIpc) is 3.16. The lowest BCUT2D eigenvalue weighted by molar-refractivity contribution is -0.0849. The van der Waals surface area contributed by atoms with Crippen LogP contribution < -0.4 is 0 Å². The summed E-state index contributed by atoms with van der Waals surface area (Å²) in [5.41, 5.74) is 0. The van der Waals surface area contributed by atoms with Crippen LogP contribution in [0, 0.1) is 0 Å². The van der Waals surface area contributed by atoms with E-state index in [4.69, 9.17) is 4.74 Å². The minimum atomic E-state index is 0.211. The van der Waals surface area contributed by atoms with E-state index < -0.39 is 0 Å². The minimum absolute atomic E-state index is 0.211. The van der Waals surface area contributed by atoms with E-state index in [9.17, 15) is 4.79 Å². The first-order chi connectivity index (χ1) is 11.7. The lowest BCUT2D eigenvalue weighted by atomic mass is 9.99. The van der Waals surface area contributed by atoms with Crippen molar-refractivity contribution in [1.29, 1.82) is 0 Å². The number of nitrogens with zero attached hydrogens (tertiary/aromatic N) is 3. The summed E-state index contributed by atoms with van der Waals surface area (Å²) in [6.45, 7) is 9.23. The number of piperazine rings is 1. The number of hydrogen-bond acceptors (Lipinski definition) is 5. The molecule has 4 heterocycles. The van der Waals surface area contributed by atoms with Crippen LogP contribution in [-0.4, -0.2) is 84.7 Å². The fourth-order valence-corrected chi connectivity index (χ4v) is 5.11. The maximum atomic E-state index is 12.5. The van der Waals surface area contributed by atoms with Crippen LogP contribution >= 0.6 is 11.3 Å². The molecule has 3 fully saturated rings. The Balaban J connectivity index is 1.31. The molecule has 3 aliphatic heterocycles. The standard InChI is InChI=1S/C18H27N3O2S/c1-14-12-23-13-16-11-20(8-9-21(14)16)15-4-6-19(7-5-15)18(22)17-3-2-10-24-17/h2-3,10,14-16H,4-9,11-13H2,1H3/t14-,16+/m0/s1. The molecule has 2 atom stereocenters. The summed E-state index contributed by atoms with van der Waals surface area (Å²) in [6.07, 6.45) is 2.19. The number of carbonyl (C=O) groups excluding carboxylic acids is 1. The van der Waals surface area contributed by atoms with Gasteiger partial charge in [-0.15, -0.1) is 11.3 Å². The lowest BCUT2D eigenvalue weighted by Gasteiger charge is -2.50. The second-order valence-electron chi connectivity index (χ2n) is 7.27. The summed E-state index contributed by atoms with van der Waals surface area (Å²) in [5, 5.41) is 1.98. The Kier molecular flexibility index (Phi) is 4.90. The topological polar surface area (TPSA) is 36.0 Å². The Morgan fingerprint density at radius 3 is 2.75 bits per heavy atom. The van der Waals surface area contributed by atoms with Crippen LogP contribution in [0.5, 0.6) is 0 Å². The van der Waals surface area contributed by atoms with E-state index in [1.165, 1.54) is 0 Å². The van der Waals surface area contributed by atoms with Gasteiger partial charge in [0.15, 0.2) is 0 Å². The predicted molar refractivity (Wildman–Crippen MR) is 95.6 cm³/mol. The Bertz CT molecular complexity index is 557. The Morgan fingerprint density at radius 1 is 1.17 bits per heavy atom. The summed E-state index contributed by atoms with van der Waals surface area (Å²) in [4.78, 5) is 20.6. The van der Waals surface area contributed by atoms with Gasteiger partial charge in [0, 0.05) is 50.8 Å². The van der Waals surface area contributed by atoms with Gasteiger partial charge in [-0.1, -0.05) is 6.07 Å². The molecule has 0 radical (unpaired) electrons. The number of likely N-dealkylation sites (tertiary alicyclic amines) is 1. The highest BCUT2D eigenvalue weighted by Crippen LogP contribution is 2.25. The Labute approximate surface area is 148 Å². The molecule has 0 spiro atoms. The predicted octanol–water partition coefficient (Wildman–Crippen LogP) is 1.76. The van der Waals surface area contributed by atoms with Crippen LogP contribution in [0.3, 0.4) is 0 Å². The third-order valence-electron chi connectivity index (χ3n) is 5.80. The van der Waals surface area contributed by atoms with Crippen LogP contribution in [0.15, 0.2) is 17.5 Å². The van der Waals surface area contributed by atoms with Crippen molar-refractivity contribution < 1.29 is 9.53 Å². The number of carbonyl (C=O) groups is 1. The lowest BCUT2D eigenvalue weighted by Crippen LogP contribution is -2.63. The average molecular weight is 350 g/mol. The molecule has 3 saturated heterocycles. The maximum Gasteiger partial charge on any atom is 0.263 e. The molecule has 0 unspecified atom stereocenters. The molecular weight excluding hydrogens is 322 g/mol. The summed E-state index contributed by atoms with van der Waals surface area (Å²) < 4.78 is 5.76. The molecule has 0 saturated carbocycles. The van der Waals surface area contributed by atoms with Crippen molar-refractivity contribution in [3.63, 3.8) is 0 Å². The quantitative estimate of drug-likeness (QED) is 0.815. The molecule has 4 rings (SSSR count). The highest BCUT2D eigenvalue weighted by atomic mass is 32.1. The Hall–Kier alpha value is -0.950. The van der Waals surface area contributed by atoms with Crippen LogP contribution in [-0.2, 0) is 4.74 Å². The van der Waals surface area contributed by atoms with Crippen molar-refractivity contribution in [3.05, 3.63) is 22.4 Å². The minimum Gasteiger partial charge on any atom is -0.378 e. The smallest absolute Gasteiger partial charge is 0.263 e. The number of thiophene rings is 1. The second kappa shape index (κ2) is 7.12. The first-order valence-corrected chi connectivity index (χ1v) is 10.0. The molecule has 6 heteroatoms. The molecule has 1 amide bonds. The SMILES string of the molecule is C[C@H]1COC[C@H]2CN(C3CCN(C(=O)c4cccs4)CC3)CCN21. The fraction of sp³-hybridized carbons (Fsp3) is 0.722. The number of hydrogen-bond donors (Lipinski definition) is 0. The van der Waals surface area contributed by atoms with E-state index >= 15 is 0 Å². The van der Waals surface area contributed by atoms with Crippen LogP contribution in [0.1, 0.15) is 29.4 Å². The van der Waals surface area contributed by atoms with Crippen molar-refractivity contribution in [3.8, 4) is 0 Å². The van der Waals surface area contributed by atoms with Gasteiger partial charge in [-0.2, -0.15) is 0 Å². The van der Waals surface area contributed by atoms with E-state index in [0.29, 0.717) is 18.1 Å². The van der Waals surface area contributed by atoms with Crippen molar-refractivity contribution >= 4 is 17.2 Å². The third-order valence-corrected chi connectivity index (χ3v) is 6.65. The number of fused-ring (bicyclic) bond motifs is 1. The van der Waals surface area contributed by atoms with Crippen LogP contribution in [0.4, 0.5) is 0 Å². The van der Waals surface area contributed by atoms with Crippen molar-refractivity contribution in [2.24, 2.45) is 0 Å². The summed E-state index contributed by atoms with van der Waals surface area (Å²) in [5.74, 6) is 0.211. The normalized spacial score (nSPS) is 30.3. The maximum absolute atomic E-state index is 12.5. The van der Waals surface area contributed by atoms with Gasteiger partial charge in [-0.25, -0.2) is 0 Å². The van der Waals surface area contributed by atoms with Gasteiger partial charge in [-0.05, 0) is 31.2 Å². The summed E-state index contributed by atoms with van der Waals surface area (Å²) >= 11 is 1.55. The molecule has 1 aromatic rings. The van der Waals surface area contributed by atoms with E-state index in [1.807, 2.05) is 22.4 Å². The molecule has 24 heavy (non-hydrogen) atoms. The number of rotatable bonds is 2. The fourth-order valence-electron chi connectivity index (χ4n) is 4.41. The molecular formula is C18H27N3O2S. The molecule has 132 valence electrons. The van der Waals surface area contributed by atoms with E-state index in [-0.39, 0.29) is 5.91 Å². The number of amides is 1. The molecule has 0 bridgehead atoms. The van der Waals surface area contributed by atoms with Gasteiger partial charge < -0.3 is 9.64 Å². The van der Waals surface area contributed by atoms with E-state index in [2.05, 4.69) is 16.7 Å². The largest absolute Gasteiger partial charge is 0.378 e. The zero-order valence-electron chi connectivity index (χ0n) is 14.4. The first-order valence-electron chi connectivity index (χ1n) is 9.12. The summed E-state index contributed by atoms with van der Waals surface area (Å²) in [6, 6.07) is 5.61. The molecule has 5 nitrogen and oxygen atoms in total. The van der Waals surface area contributed by atoms with Gasteiger partial charge in [0.05, 0.1) is 18.1 Å². The van der Waals surface area contributed by atoms with Gasteiger partial charge in [0.2, 0.25) is 0 Å². The second-order valence-corrected chi connectivity index (χ2v) is 8.22. The highest BCUT2D eigenvalue weighted by Gasteiger charge is 2.37. The van der Waals surface area contributed by atoms with Crippen LogP contribution in [0.25, 0.3) is 0 Å². The third kappa shape index (κ3) is 3.25. The van der Waals surface area contributed by atoms with E-state index in [0.717, 1.165) is 63.7 Å². The number of piperidine rings is 1. The van der Waals surface area contributed by atoms with E-state index in [1.54, 1.807) is 11.3 Å². The molecule has 3 aliphatic rings.